The van der Waals surface area contributed by atoms with Crippen LogP contribution in [0.4, 0.5) is 0 Å². The molecule has 0 radical (unpaired) electrons. The summed E-state index contributed by atoms with van der Waals surface area (Å²) < 4.78 is 31.3. The average molecular weight is 435 g/mol. The molecular weight excluding hydrogens is 410 g/mol. The van der Waals surface area contributed by atoms with Crippen molar-refractivity contribution in [3.05, 3.63) is 0 Å². The van der Waals surface area contributed by atoms with Crippen LogP contribution in [0.2, 0.25) is 0 Å². The summed E-state index contributed by atoms with van der Waals surface area (Å²) in [5.74, 6) is -3.20. The third-order valence-corrected chi connectivity index (χ3v) is 3.69. The fraction of sp³-hybridized carbons (Fsp3) is 0.706. The highest BCUT2D eigenvalue weighted by Gasteiger charge is 2.55. The third kappa shape index (κ3) is 7.46. The van der Waals surface area contributed by atoms with Gasteiger partial charge in [-0.15, -0.1) is 0 Å². The highest BCUT2D eigenvalue weighted by molar-refractivity contribution is 7.80. The van der Waals surface area contributed by atoms with Crippen molar-refractivity contribution < 1.29 is 47.6 Å². The number of rotatable bonds is 6. The van der Waals surface area contributed by atoms with Crippen molar-refractivity contribution in [2.45, 2.75) is 71.4 Å². The van der Waals surface area contributed by atoms with Gasteiger partial charge in [0.05, 0.1) is 13.2 Å². The van der Waals surface area contributed by atoms with Crippen LogP contribution >= 0.6 is 12.2 Å². The summed E-state index contributed by atoms with van der Waals surface area (Å²) in [4.78, 5) is 47.1. The first-order valence-electron chi connectivity index (χ1n) is 8.68. The molecule has 1 heterocycles. The molecule has 0 unspecified atom stereocenters. The second-order valence-corrected chi connectivity index (χ2v) is 6.69. The minimum atomic E-state index is -1.50. The minimum Gasteiger partial charge on any atom is -0.468 e. The van der Waals surface area contributed by atoms with Crippen LogP contribution in [0.5, 0.6) is 0 Å². The Morgan fingerprint density at radius 3 is 1.83 bits per heavy atom. The summed E-state index contributed by atoms with van der Waals surface area (Å²) in [6.07, 6.45) is -7.20. The zero-order valence-corrected chi connectivity index (χ0v) is 17.8. The molecule has 0 aromatic rings. The van der Waals surface area contributed by atoms with E-state index in [1.54, 1.807) is 13.8 Å². The third-order valence-electron chi connectivity index (χ3n) is 3.48. The van der Waals surface area contributed by atoms with Gasteiger partial charge < -0.3 is 33.7 Å². The Morgan fingerprint density at radius 2 is 1.38 bits per heavy atom. The van der Waals surface area contributed by atoms with E-state index < -0.39 is 54.5 Å². The maximum Gasteiger partial charge on any atom is 0.339 e. The van der Waals surface area contributed by atoms with E-state index in [-0.39, 0.29) is 11.3 Å². The average Bonchev–Trinajstić information content (AvgIpc) is 2.57. The van der Waals surface area contributed by atoms with Crippen LogP contribution < -0.4 is 5.32 Å². The first-order valence-corrected chi connectivity index (χ1v) is 9.09. The first kappa shape index (κ1) is 24.6. The number of carbonyl (C=O) groups excluding carboxylic acids is 4. The lowest BCUT2D eigenvalue weighted by molar-refractivity contribution is -0.251. The van der Waals surface area contributed by atoms with Crippen molar-refractivity contribution in [2.75, 3.05) is 7.11 Å². The van der Waals surface area contributed by atoms with E-state index in [1.165, 1.54) is 0 Å². The molecule has 0 aliphatic carbocycles. The predicted molar refractivity (Wildman–Crippen MR) is 99.3 cm³/mol. The van der Waals surface area contributed by atoms with Gasteiger partial charge in [-0.3, -0.25) is 14.4 Å². The van der Waals surface area contributed by atoms with Gasteiger partial charge in [-0.1, -0.05) is 0 Å². The van der Waals surface area contributed by atoms with Crippen molar-refractivity contribution in [3.63, 3.8) is 0 Å². The second kappa shape index (κ2) is 10.9. The van der Waals surface area contributed by atoms with E-state index >= 15 is 0 Å². The second-order valence-electron chi connectivity index (χ2n) is 6.32. The summed E-state index contributed by atoms with van der Waals surface area (Å²) in [7, 11) is 1.10. The van der Waals surface area contributed by atoms with Crippen LogP contribution in [0, 0.1) is 0 Å². The number of ether oxygens (including phenoxy) is 6. The lowest BCUT2D eigenvalue weighted by Crippen LogP contribution is -2.67. The number of carbonyl (C=O) groups is 4. The van der Waals surface area contributed by atoms with Crippen LogP contribution in [-0.4, -0.2) is 72.9 Å². The van der Waals surface area contributed by atoms with E-state index in [0.29, 0.717) is 0 Å². The number of hydrogen-bond acceptors (Lipinski definition) is 11. The highest BCUT2D eigenvalue weighted by atomic mass is 32.1. The largest absolute Gasteiger partial charge is 0.468 e. The van der Waals surface area contributed by atoms with Crippen LogP contribution in [0.25, 0.3) is 0 Å². The fourth-order valence-electron chi connectivity index (χ4n) is 2.60. The van der Waals surface area contributed by atoms with E-state index in [4.69, 9.17) is 40.6 Å². The summed E-state index contributed by atoms with van der Waals surface area (Å²) in [5, 5.41) is 2.55. The van der Waals surface area contributed by atoms with Crippen molar-refractivity contribution in [1.29, 1.82) is 0 Å². The molecule has 1 N–H and O–H groups in total. The summed E-state index contributed by atoms with van der Waals surface area (Å²) in [5.41, 5.74) is 0. The maximum absolute atomic E-state index is 12.2. The molecule has 0 spiro atoms. The van der Waals surface area contributed by atoms with Gasteiger partial charge in [-0.05, 0) is 26.1 Å². The number of esters is 4. The predicted octanol–water partition coefficient (Wildman–Crippen LogP) is -0.0211. The molecular formula is C17H25NO10S. The molecule has 0 aromatic carbocycles. The van der Waals surface area contributed by atoms with Crippen molar-refractivity contribution in [1.82, 2.24) is 5.32 Å². The maximum atomic E-state index is 12.2. The van der Waals surface area contributed by atoms with Gasteiger partial charge in [0.1, 0.15) is 0 Å². The Bertz CT molecular complexity index is 652. The van der Waals surface area contributed by atoms with E-state index in [9.17, 15) is 19.2 Å². The molecule has 0 saturated carbocycles. The van der Waals surface area contributed by atoms with Crippen molar-refractivity contribution in [2.24, 2.45) is 0 Å². The van der Waals surface area contributed by atoms with Gasteiger partial charge in [0.2, 0.25) is 0 Å². The van der Waals surface area contributed by atoms with Gasteiger partial charge in [-0.25, -0.2) is 4.79 Å². The monoisotopic (exact) mass is 435 g/mol. The number of hydrogen-bond donors (Lipinski definition) is 1. The Balaban J connectivity index is 3.36. The fourth-order valence-corrected chi connectivity index (χ4v) is 2.91. The molecule has 12 heteroatoms. The Kier molecular flexibility index (Phi) is 9.24. The topological polar surface area (TPSA) is 136 Å². The molecule has 1 saturated heterocycles. The standard InChI is InChI=1S/C17H25NO10S/c1-7(2)24-17(29)18-15-13(27-10(5)21)11(25-8(3)19)12(26-9(4)20)14(28-15)16(22)23-6/h7,11-15H,1-6H3,(H,18,29)/t11-,12-,13+,14-,15+/m0/s1. The van der Waals surface area contributed by atoms with Gasteiger partial charge >= 0.3 is 23.9 Å². The van der Waals surface area contributed by atoms with Crippen LogP contribution in [0.1, 0.15) is 34.6 Å². The number of nitrogens with one attached hydrogen (secondary N) is 1. The van der Waals surface area contributed by atoms with E-state index in [2.05, 4.69) is 5.32 Å². The zero-order chi connectivity index (χ0) is 22.3. The van der Waals surface area contributed by atoms with Gasteiger partial charge in [0, 0.05) is 20.8 Å². The molecule has 1 rings (SSSR count). The molecule has 164 valence electrons. The normalized spacial score (nSPS) is 26.1. The molecule has 1 aliphatic rings. The molecule has 5 atom stereocenters. The minimum absolute atomic E-state index is 0.113. The zero-order valence-electron chi connectivity index (χ0n) is 17.0. The SMILES string of the molecule is COC(=O)[C@H]1O[C@@H](NC(=S)OC(C)C)[C@H](OC(C)=O)[C@@H](OC(C)=O)[C@@H]1OC(C)=O. The molecule has 0 amide bonds. The molecule has 11 nitrogen and oxygen atoms in total. The molecule has 0 aromatic heterocycles. The lowest BCUT2D eigenvalue weighted by atomic mass is 9.97. The number of thiocarbonyl (C=S) groups is 1. The van der Waals surface area contributed by atoms with E-state index in [1.807, 2.05) is 0 Å². The molecule has 1 aliphatic heterocycles. The Hall–Kier alpha value is -2.47. The molecule has 0 bridgehead atoms. The van der Waals surface area contributed by atoms with Crippen molar-refractivity contribution in [3.8, 4) is 0 Å². The van der Waals surface area contributed by atoms with Gasteiger partial charge in [0.25, 0.3) is 5.17 Å². The van der Waals surface area contributed by atoms with Crippen molar-refractivity contribution >= 4 is 41.3 Å². The highest BCUT2D eigenvalue weighted by Crippen LogP contribution is 2.28. The summed E-state index contributed by atoms with van der Waals surface area (Å²) in [6, 6.07) is 0. The Morgan fingerprint density at radius 1 is 0.897 bits per heavy atom. The quantitative estimate of drug-likeness (QED) is 0.341. The Labute approximate surface area is 173 Å². The van der Waals surface area contributed by atoms with Gasteiger partial charge in [-0.2, -0.15) is 0 Å². The molecule has 29 heavy (non-hydrogen) atoms. The number of methoxy groups -OCH3 is 1. The van der Waals surface area contributed by atoms with Crippen LogP contribution in [0.15, 0.2) is 0 Å². The van der Waals surface area contributed by atoms with Crippen LogP contribution in [-0.2, 0) is 47.6 Å². The lowest BCUT2D eigenvalue weighted by Gasteiger charge is -2.43. The first-order chi connectivity index (χ1) is 13.5. The summed E-state index contributed by atoms with van der Waals surface area (Å²) in [6.45, 7) is 6.78. The smallest absolute Gasteiger partial charge is 0.339 e. The summed E-state index contributed by atoms with van der Waals surface area (Å²) >= 11 is 5.07. The van der Waals surface area contributed by atoms with E-state index in [0.717, 1.165) is 27.9 Å². The van der Waals surface area contributed by atoms with Gasteiger partial charge in [0.15, 0.2) is 30.6 Å². The molecule has 1 fully saturated rings. The van der Waals surface area contributed by atoms with Crippen LogP contribution in [0.3, 0.4) is 0 Å².